The van der Waals surface area contributed by atoms with Crippen molar-refractivity contribution in [2.75, 3.05) is 38.2 Å². The molecule has 11 heteroatoms. The molecule has 0 radical (unpaired) electrons. The molecule has 1 atom stereocenters. The third-order valence-electron chi connectivity index (χ3n) is 7.61. The molecular weight excluding hydrogens is 572 g/mol. The number of amides is 2. The summed E-state index contributed by atoms with van der Waals surface area (Å²) in [6.45, 7) is 3.31. The molecule has 5 aromatic rings. The first-order chi connectivity index (χ1) is 21.3. The van der Waals surface area contributed by atoms with E-state index >= 15 is 0 Å². The van der Waals surface area contributed by atoms with Gasteiger partial charge in [-0.05, 0) is 58.1 Å². The van der Waals surface area contributed by atoms with E-state index in [0.29, 0.717) is 41.4 Å². The third-order valence-corrected chi connectivity index (χ3v) is 8.38. The number of imidazole rings is 1. The number of benzene rings is 2. The quantitative estimate of drug-likeness (QED) is 0.226. The molecule has 0 bridgehead atoms. The molecule has 2 amide bonds. The summed E-state index contributed by atoms with van der Waals surface area (Å²) < 4.78 is 1.93. The minimum Gasteiger partial charge on any atom is -0.382 e. The molecule has 1 aliphatic heterocycles. The van der Waals surface area contributed by atoms with Gasteiger partial charge >= 0.3 is 0 Å². The number of nitrogens with one attached hydrogen (secondary N) is 1. The van der Waals surface area contributed by atoms with Crippen LogP contribution in [0.3, 0.4) is 0 Å². The van der Waals surface area contributed by atoms with Gasteiger partial charge in [0.25, 0.3) is 5.91 Å². The first-order valence-electron chi connectivity index (χ1n) is 14.5. The Labute approximate surface area is 259 Å². The van der Waals surface area contributed by atoms with Gasteiger partial charge in [0.15, 0.2) is 0 Å². The van der Waals surface area contributed by atoms with Gasteiger partial charge in [0.1, 0.15) is 22.9 Å². The van der Waals surface area contributed by atoms with Crippen LogP contribution in [-0.4, -0.2) is 68.2 Å². The van der Waals surface area contributed by atoms with Crippen LogP contribution in [0.15, 0.2) is 78.5 Å². The van der Waals surface area contributed by atoms with Crippen molar-refractivity contribution in [2.45, 2.75) is 25.8 Å². The lowest BCUT2D eigenvalue weighted by molar-refractivity contribution is -0.127. The number of nitrogen functional groups attached to an aromatic ring is 1. The lowest BCUT2D eigenvalue weighted by Crippen LogP contribution is -2.30. The van der Waals surface area contributed by atoms with Crippen molar-refractivity contribution in [1.29, 1.82) is 0 Å². The fourth-order valence-corrected chi connectivity index (χ4v) is 6.17. The Morgan fingerprint density at radius 1 is 1.14 bits per heavy atom. The normalized spacial score (nSPS) is 15.1. The minimum atomic E-state index is -0.245. The Hall–Kier alpha value is -4.87. The van der Waals surface area contributed by atoms with Gasteiger partial charge in [0.05, 0.1) is 16.7 Å². The highest BCUT2D eigenvalue weighted by molar-refractivity contribution is 7.09. The molecule has 1 saturated heterocycles. The van der Waals surface area contributed by atoms with Gasteiger partial charge in [-0.25, -0.2) is 15.0 Å². The van der Waals surface area contributed by atoms with Crippen molar-refractivity contribution in [3.8, 4) is 22.5 Å². The molecule has 0 saturated carbocycles. The largest absolute Gasteiger partial charge is 0.382 e. The fraction of sp³-hybridized carbons (Fsp3) is 0.242. The number of likely N-dealkylation sites (N-methyl/N-ethyl adjacent to an activating group) is 1. The van der Waals surface area contributed by atoms with Crippen LogP contribution in [0.4, 0.5) is 11.5 Å². The van der Waals surface area contributed by atoms with E-state index in [1.54, 1.807) is 29.7 Å². The molecule has 224 valence electrons. The summed E-state index contributed by atoms with van der Waals surface area (Å²) in [6.07, 6.45) is 8.65. The Balaban J connectivity index is 1.30. The van der Waals surface area contributed by atoms with Crippen molar-refractivity contribution in [2.24, 2.45) is 0 Å². The first kappa shape index (κ1) is 29.2. The third kappa shape index (κ3) is 5.97. The molecule has 44 heavy (non-hydrogen) atoms. The minimum absolute atomic E-state index is 0.0395. The standard InChI is InChI=1S/C33H34N8O2S/c1-21-36-26(20-44-21)22-8-5-11-25(19-22)37-33(43)24-10-4-9-23(18-24)29-30-31(34)35-14-17-41(30)32(38-29)27-12-6-16-40(27)28(42)13-7-15-39(2)3/h4-5,7-11,13-14,17-20,27H,6,12,15-16H2,1-3H3,(H2,34,35)(H,37,43)/b13-7+/t27-/m0/s1. The van der Waals surface area contributed by atoms with Crippen LogP contribution in [0, 0.1) is 6.92 Å². The SMILES string of the molecule is Cc1nc(-c2cccc(NC(=O)c3cccc(-c4nc([C@@H]5CCCN5C(=O)/C=C/CN(C)C)n5ccnc(N)c45)c3)c2)cs1. The molecule has 3 aromatic heterocycles. The van der Waals surface area contributed by atoms with Crippen molar-refractivity contribution >= 4 is 40.2 Å². The lowest BCUT2D eigenvalue weighted by Gasteiger charge is -2.22. The number of anilines is 2. The second-order valence-corrected chi connectivity index (χ2v) is 12.1. The van der Waals surface area contributed by atoms with Crippen LogP contribution in [0.5, 0.6) is 0 Å². The molecule has 2 aromatic carbocycles. The number of aromatic nitrogens is 4. The number of carbonyl (C=O) groups excluding carboxylic acids is 2. The number of nitrogens with two attached hydrogens (primary N) is 1. The summed E-state index contributed by atoms with van der Waals surface area (Å²) in [4.78, 5) is 44.4. The van der Waals surface area contributed by atoms with Crippen LogP contribution in [0.2, 0.25) is 0 Å². The molecule has 10 nitrogen and oxygen atoms in total. The summed E-state index contributed by atoms with van der Waals surface area (Å²) in [5.41, 5.74) is 11.4. The van der Waals surface area contributed by atoms with Crippen molar-refractivity contribution in [3.63, 3.8) is 0 Å². The smallest absolute Gasteiger partial charge is 0.255 e. The number of hydrogen-bond acceptors (Lipinski definition) is 8. The topological polar surface area (TPSA) is 122 Å². The van der Waals surface area contributed by atoms with Crippen LogP contribution in [-0.2, 0) is 4.79 Å². The first-order valence-corrected chi connectivity index (χ1v) is 15.3. The zero-order chi connectivity index (χ0) is 30.8. The molecule has 4 heterocycles. The second-order valence-electron chi connectivity index (χ2n) is 11.1. The average molecular weight is 607 g/mol. The number of carbonyl (C=O) groups is 2. The highest BCUT2D eigenvalue weighted by atomic mass is 32.1. The van der Waals surface area contributed by atoms with Gasteiger partial charge < -0.3 is 20.9 Å². The van der Waals surface area contributed by atoms with Crippen LogP contribution >= 0.6 is 11.3 Å². The monoisotopic (exact) mass is 606 g/mol. The van der Waals surface area contributed by atoms with Gasteiger partial charge in [-0.15, -0.1) is 11.3 Å². The Kier molecular flexibility index (Phi) is 8.23. The summed E-state index contributed by atoms with van der Waals surface area (Å²) >= 11 is 1.59. The summed E-state index contributed by atoms with van der Waals surface area (Å²) in [5, 5.41) is 6.01. The number of thiazole rings is 1. The number of nitrogens with zero attached hydrogens (tertiary/aromatic N) is 6. The summed E-state index contributed by atoms with van der Waals surface area (Å²) in [6, 6.07) is 14.8. The van der Waals surface area contributed by atoms with E-state index in [9.17, 15) is 9.59 Å². The average Bonchev–Trinajstić information content (AvgIpc) is 3.76. The zero-order valence-corrected chi connectivity index (χ0v) is 25.7. The predicted octanol–water partition coefficient (Wildman–Crippen LogP) is 5.44. The lowest BCUT2D eigenvalue weighted by atomic mass is 10.1. The highest BCUT2D eigenvalue weighted by Crippen LogP contribution is 2.37. The van der Waals surface area contributed by atoms with Crippen LogP contribution in [0.25, 0.3) is 28.0 Å². The zero-order valence-electron chi connectivity index (χ0n) is 24.9. The number of rotatable bonds is 8. The molecular formula is C33H34N8O2S. The van der Waals surface area contributed by atoms with E-state index < -0.39 is 0 Å². The van der Waals surface area contributed by atoms with E-state index in [1.165, 1.54) is 0 Å². The van der Waals surface area contributed by atoms with Crippen LogP contribution in [0.1, 0.15) is 40.1 Å². The Morgan fingerprint density at radius 3 is 2.75 bits per heavy atom. The maximum atomic E-state index is 13.4. The molecule has 1 aliphatic rings. The van der Waals surface area contributed by atoms with Gasteiger partial charge in [-0.3, -0.25) is 14.0 Å². The molecule has 1 fully saturated rings. The van der Waals surface area contributed by atoms with E-state index in [0.717, 1.165) is 40.5 Å². The maximum absolute atomic E-state index is 13.4. The molecule has 0 aliphatic carbocycles. The molecule has 3 N–H and O–H groups in total. The van der Waals surface area contributed by atoms with Crippen molar-refractivity contribution in [1.82, 2.24) is 29.2 Å². The molecule has 0 spiro atoms. The Morgan fingerprint density at radius 2 is 1.95 bits per heavy atom. The van der Waals surface area contributed by atoms with Crippen molar-refractivity contribution in [3.05, 3.63) is 94.9 Å². The van der Waals surface area contributed by atoms with Crippen molar-refractivity contribution < 1.29 is 9.59 Å². The number of aryl methyl sites for hydroxylation is 1. The van der Waals surface area contributed by atoms with E-state index in [1.807, 2.05) is 95.3 Å². The maximum Gasteiger partial charge on any atom is 0.255 e. The summed E-state index contributed by atoms with van der Waals surface area (Å²) in [7, 11) is 3.93. The van der Waals surface area contributed by atoms with Crippen LogP contribution < -0.4 is 11.1 Å². The molecule has 6 rings (SSSR count). The summed E-state index contributed by atoms with van der Waals surface area (Å²) in [5.74, 6) is 0.763. The number of hydrogen-bond donors (Lipinski definition) is 2. The van der Waals surface area contributed by atoms with Gasteiger partial charge in [0.2, 0.25) is 5.91 Å². The Bertz CT molecular complexity index is 1870. The fourth-order valence-electron chi connectivity index (χ4n) is 5.55. The van der Waals surface area contributed by atoms with Gasteiger partial charge in [-0.1, -0.05) is 30.3 Å². The number of fused-ring (bicyclic) bond motifs is 1. The van der Waals surface area contributed by atoms with E-state index in [-0.39, 0.29) is 17.9 Å². The molecule has 0 unspecified atom stereocenters. The van der Waals surface area contributed by atoms with Gasteiger partial charge in [-0.2, -0.15) is 0 Å². The van der Waals surface area contributed by atoms with Gasteiger partial charge in [0, 0.05) is 59.3 Å². The number of likely N-dealkylation sites (tertiary alicyclic amines) is 1. The second kappa shape index (κ2) is 12.4. The van der Waals surface area contributed by atoms with E-state index in [4.69, 9.17) is 10.7 Å². The predicted molar refractivity (Wildman–Crippen MR) is 174 cm³/mol. The van der Waals surface area contributed by atoms with E-state index in [2.05, 4.69) is 15.3 Å². The highest BCUT2D eigenvalue weighted by Gasteiger charge is 2.33.